The predicted molar refractivity (Wildman–Crippen MR) is 84.2 cm³/mol. The Kier molecular flexibility index (Phi) is 3.04. The number of nitrogens with one attached hydrogen (secondary N) is 1. The molecule has 5 nitrogen and oxygen atoms in total. The van der Waals surface area contributed by atoms with E-state index in [0.717, 1.165) is 36.1 Å². The standard InChI is InChI=1S/C17H20N4O/c18-17-7-1-2-15(17)10-21(11-17)16(22)13-5-3-12(4-6-13)14-8-19-20-9-14/h3-6,8-9,15H,1-2,7,10-11,18H2,(H,19,20). The number of aromatic nitrogens is 2. The van der Waals surface area contributed by atoms with Gasteiger partial charge >= 0.3 is 0 Å². The van der Waals surface area contributed by atoms with Gasteiger partial charge in [0.1, 0.15) is 0 Å². The van der Waals surface area contributed by atoms with Crippen LogP contribution in [0.15, 0.2) is 36.7 Å². The van der Waals surface area contributed by atoms with E-state index in [1.807, 2.05) is 35.4 Å². The van der Waals surface area contributed by atoms with Gasteiger partial charge in [0.25, 0.3) is 5.91 Å². The Morgan fingerprint density at radius 2 is 2.14 bits per heavy atom. The van der Waals surface area contributed by atoms with Crippen LogP contribution in [0.4, 0.5) is 0 Å². The number of carbonyl (C=O) groups is 1. The van der Waals surface area contributed by atoms with Crippen molar-refractivity contribution >= 4 is 5.91 Å². The quantitative estimate of drug-likeness (QED) is 0.890. The maximum absolute atomic E-state index is 12.7. The highest BCUT2D eigenvalue weighted by atomic mass is 16.2. The number of benzene rings is 1. The Balaban J connectivity index is 1.52. The van der Waals surface area contributed by atoms with Crippen molar-refractivity contribution in [3.8, 4) is 11.1 Å². The minimum Gasteiger partial charge on any atom is -0.336 e. The fourth-order valence-corrected chi connectivity index (χ4v) is 3.89. The van der Waals surface area contributed by atoms with Crippen molar-refractivity contribution in [1.82, 2.24) is 15.1 Å². The number of likely N-dealkylation sites (tertiary alicyclic amines) is 1. The summed E-state index contributed by atoms with van der Waals surface area (Å²) in [5.74, 6) is 0.569. The van der Waals surface area contributed by atoms with Crippen molar-refractivity contribution in [1.29, 1.82) is 0 Å². The molecule has 0 bridgehead atoms. The van der Waals surface area contributed by atoms with E-state index in [4.69, 9.17) is 5.73 Å². The average Bonchev–Trinajstić information content (AvgIpc) is 3.21. The Labute approximate surface area is 129 Å². The molecule has 5 heteroatoms. The Morgan fingerprint density at radius 1 is 1.32 bits per heavy atom. The summed E-state index contributed by atoms with van der Waals surface area (Å²) in [5.41, 5.74) is 9.12. The highest BCUT2D eigenvalue weighted by Gasteiger charge is 2.47. The van der Waals surface area contributed by atoms with Crippen LogP contribution in [0.5, 0.6) is 0 Å². The van der Waals surface area contributed by atoms with Gasteiger partial charge in [0.05, 0.1) is 6.20 Å². The molecule has 2 fully saturated rings. The summed E-state index contributed by atoms with van der Waals surface area (Å²) in [6.45, 7) is 1.50. The number of fused-ring (bicyclic) bond motifs is 1. The van der Waals surface area contributed by atoms with E-state index < -0.39 is 0 Å². The van der Waals surface area contributed by atoms with E-state index in [2.05, 4.69) is 10.2 Å². The molecule has 1 aromatic carbocycles. The molecule has 2 aliphatic rings. The van der Waals surface area contributed by atoms with Crippen LogP contribution in [0.25, 0.3) is 11.1 Å². The SMILES string of the molecule is NC12CCCC1CN(C(=O)c1ccc(-c3cn[nH]c3)cc1)C2. The molecule has 114 valence electrons. The molecule has 0 radical (unpaired) electrons. The van der Waals surface area contributed by atoms with Crippen LogP contribution in [0.3, 0.4) is 0 Å². The minimum absolute atomic E-state index is 0.0953. The lowest BCUT2D eigenvalue weighted by Gasteiger charge is -2.23. The van der Waals surface area contributed by atoms with E-state index in [0.29, 0.717) is 12.5 Å². The number of carbonyl (C=O) groups excluding carboxylic acids is 1. The number of nitrogens with two attached hydrogens (primary N) is 1. The van der Waals surface area contributed by atoms with Gasteiger partial charge < -0.3 is 10.6 Å². The molecule has 22 heavy (non-hydrogen) atoms. The number of rotatable bonds is 2. The molecule has 2 atom stereocenters. The number of amides is 1. The van der Waals surface area contributed by atoms with Gasteiger partial charge in [0, 0.05) is 36.0 Å². The zero-order valence-corrected chi connectivity index (χ0v) is 12.5. The first kappa shape index (κ1) is 13.5. The molecule has 1 aliphatic heterocycles. The molecular formula is C17H20N4O. The van der Waals surface area contributed by atoms with Gasteiger partial charge in [-0.2, -0.15) is 5.10 Å². The van der Waals surface area contributed by atoms with Gasteiger partial charge in [-0.05, 0) is 36.5 Å². The van der Waals surface area contributed by atoms with Gasteiger partial charge in [-0.3, -0.25) is 9.89 Å². The monoisotopic (exact) mass is 296 g/mol. The van der Waals surface area contributed by atoms with Gasteiger partial charge in [-0.15, -0.1) is 0 Å². The molecule has 0 spiro atoms. The lowest BCUT2D eigenvalue weighted by molar-refractivity contribution is 0.0778. The third-order valence-corrected chi connectivity index (χ3v) is 5.18. The van der Waals surface area contributed by atoms with Gasteiger partial charge in [0.15, 0.2) is 0 Å². The number of nitrogens with zero attached hydrogens (tertiary/aromatic N) is 2. The summed E-state index contributed by atoms with van der Waals surface area (Å²) in [4.78, 5) is 14.6. The zero-order chi connectivity index (χ0) is 15.2. The van der Waals surface area contributed by atoms with Crippen LogP contribution in [-0.4, -0.2) is 39.6 Å². The molecule has 2 unspecified atom stereocenters. The van der Waals surface area contributed by atoms with Crippen LogP contribution in [0.2, 0.25) is 0 Å². The maximum Gasteiger partial charge on any atom is 0.253 e. The maximum atomic E-state index is 12.7. The van der Waals surface area contributed by atoms with Crippen molar-refractivity contribution < 1.29 is 4.79 Å². The third-order valence-electron chi connectivity index (χ3n) is 5.18. The second kappa shape index (κ2) is 4.95. The van der Waals surface area contributed by atoms with Gasteiger partial charge in [-0.1, -0.05) is 18.6 Å². The number of hydrogen-bond acceptors (Lipinski definition) is 3. The fourth-order valence-electron chi connectivity index (χ4n) is 3.89. The Bertz CT molecular complexity index is 679. The van der Waals surface area contributed by atoms with Crippen LogP contribution < -0.4 is 5.73 Å². The van der Waals surface area contributed by atoms with E-state index in [1.165, 1.54) is 6.42 Å². The first-order chi connectivity index (χ1) is 10.7. The third kappa shape index (κ3) is 2.13. The molecule has 2 heterocycles. The first-order valence-electron chi connectivity index (χ1n) is 7.83. The van der Waals surface area contributed by atoms with Crippen LogP contribution in [-0.2, 0) is 0 Å². The Morgan fingerprint density at radius 3 is 2.82 bits per heavy atom. The molecule has 1 amide bonds. The average molecular weight is 296 g/mol. The molecule has 3 N–H and O–H groups in total. The normalized spacial score (nSPS) is 27.1. The van der Waals surface area contributed by atoms with Crippen molar-refractivity contribution in [2.45, 2.75) is 24.8 Å². The summed E-state index contributed by atoms with van der Waals surface area (Å²) >= 11 is 0. The van der Waals surface area contributed by atoms with Gasteiger partial charge in [-0.25, -0.2) is 0 Å². The summed E-state index contributed by atoms with van der Waals surface area (Å²) in [7, 11) is 0. The van der Waals surface area contributed by atoms with Crippen LogP contribution in [0.1, 0.15) is 29.6 Å². The van der Waals surface area contributed by atoms with E-state index in [9.17, 15) is 4.79 Å². The van der Waals surface area contributed by atoms with Crippen LogP contribution in [0, 0.1) is 5.92 Å². The molecular weight excluding hydrogens is 276 g/mol. The molecule has 1 aromatic heterocycles. The zero-order valence-electron chi connectivity index (χ0n) is 12.5. The topological polar surface area (TPSA) is 75.0 Å². The van der Waals surface area contributed by atoms with Crippen molar-refractivity contribution in [2.24, 2.45) is 11.7 Å². The smallest absolute Gasteiger partial charge is 0.253 e. The highest BCUT2D eigenvalue weighted by Crippen LogP contribution is 2.40. The predicted octanol–water partition coefficient (Wildman–Crippen LogP) is 2.03. The molecule has 2 aromatic rings. The highest BCUT2D eigenvalue weighted by molar-refractivity contribution is 5.95. The lowest BCUT2D eigenvalue weighted by atomic mass is 9.92. The summed E-state index contributed by atoms with van der Waals surface area (Å²) in [5, 5.41) is 6.74. The number of hydrogen-bond donors (Lipinski definition) is 2. The van der Waals surface area contributed by atoms with E-state index in [1.54, 1.807) is 6.20 Å². The number of H-pyrrole nitrogens is 1. The van der Waals surface area contributed by atoms with Crippen LogP contribution >= 0.6 is 0 Å². The summed E-state index contributed by atoms with van der Waals surface area (Å²) in [6, 6.07) is 7.71. The minimum atomic E-state index is -0.146. The number of aromatic amines is 1. The lowest BCUT2D eigenvalue weighted by Crippen LogP contribution is -2.44. The first-order valence-corrected chi connectivity index (χ1v) is 7.83. The molecule has 1 aliphatic carbocycles. The molecule has 1 saturated carbocycles. The Hall–Kier alpha value is -2.14. The molecule has 4 rings (SSSR count). The van der Waals surface area contributed by atoms with Crippen molar-refractivity contribution in [3.05, 3.63) is 42.2 Å². The largest absolute Gasteiger partial charge is 0.336 e. The van der Waals surface area contributed by atoms with E-state index >= 15 is 0 Å². The van der Waals surface area contributed by atoms with E-state index in [-0.39, 0.29) is 11.4 Å². The van der Waals surface area contributed by atoms with Crippen molar-refractivity contribution in [2.75, 3.05) is 13.1 Å². The van der Waals surface area contributed by atoms with Gasteiger partial charge in [0.2, 0.25) is 0 Å². The second-order valence-corrected chi connectivity index (χ2v) is 6.57. The molecule has 1 saturated heterocycles. The van der Waals surface area contributed by atoms with Crippen molar-refractivity contribution in [3.63, 3.8) is 0 Å². The fraction of sp³-hybridized carbons (Fsp3) is 0.412. The summed E-state index contributed by atoms with van der Waals surface area (Å²) in [6.07, 6.45) is 7.01. The second-order valence-electron chi connectivity index (χ2n) is 6.57. The summed E-state index contributed by atoms with van der Waals surface area (Å²) < 4.78 is 0.